The number of aromatic nitrogens is 2. The molecule has 1 amide bonds. The smallest absolute Gasteiger partial charge is 0.318 e. The van der Waals surface area contributed by atoms with E-state index >= 15 is 0 Å². The number of hydrogen-bond donors (Lipinski definition) is 0. The van der Waals surface area contributed by atoms with Gasteiger partial charge in [-0.15, -0.1) is 0 Å². The Bertz CT molecular complexity index is 1770. The van der Waals surface area contributed by atoms with E-state index < -0.39 is 23.6 Å². The van der Waals surface area contributed by atoms with Crippen molar-refractivity contribution in [1.82, 2.24) is 19.8 Å². The molecule has 7 rings (SSSR count). The first-order valence-corrected chi connectivity index (χ1v) is 16.8. The number of ether oxygens (including phenoxy) is 1. The van der Waals surface area contributed by atoms with E-state index in [0.29, 0.717) is 50.6 Å². The van der Waals surface area contributed by atoms with Crippen LogP contribution in [0.2, 0.25) is 5.02 Å². The van der Waals surface area contributed by atoms with Gasteiger partial charge in [0.25, 0.3) is 5.91 Å². The number of anilines is 2. The van der Waals surface area contributed by atoms with Crippen LogP contribution in [0.4, 0.5) is 20.3 Å². The molecular weight excluding hydrogens is 624 g/mol. The van der Waals surface area contributed by atoms with Gasteiger partial charge in [-0.1, -0.05) is 42.8 Å². The van der Waals surface area contributed by atoms with Crippen molar-refractivity contribution < 1.29 is 18.3 Å². The molecule has 246 valence electrons. The van der Waals surface area contributed by atoms with Gasteiger partial charge < -0.3 is 24.3 Å². The van der Waals surface area contributed by atoms with Crippen molar-refractivity contribution in [1.29, 1.82) is 0 Å². The molecule has 0 radical (unpaired) electrons. The summed E-state index contributed by atoms with van der Waals surface area (Å²) in [7, 11) is 0. The molecule has 4 aliphatic heterocycles. The van der Waals surface area contributed by atoms with Crippen LogP contribution >= 0.6 is 11.6 Å². The molecule has 1 unspecified atom stereocenters. The van der Waals surface area contributed by atoms with Crippen LogP contribution in [0, 0.1) is 12.4 Å². The minimum Gasteiger partial charge on any atom is -0.461 e. The zero-order valence-corrected chi connectivity index (χ0v) is 27.1. The lowest BCUT2D eigenvalue weighted by Crippen LogP contribution is -2.57. The highest BCUT2D eigenvalue weighted by molar-refractivity contribution is 6.36. The third kappa shape index (κ3) is 5.87. The first kappa shape index (κ1) is 31.6. The molecule has 3 fully saturated rings. The van der Waals surface area contributed by atoms with Crippen LogP contribution in [0.15, 0.2) is 42.7 Å². The third-order valence-corrected chi connectivity index (χ3v) is 10.8. The number of fused-ring (bicyclic) bond motifs is 3. The summed E-state index contributed by atoms with van der Waals surface area (Å²) in [6, 6.07) is 8.74. The Morgan fingerprint density at radius 3 is 2.74 bits per heavy atom. The lowest BCUT2D eigenvalue weighted by Gasteiger charge is -2.42. The predicted molar refractivity (Wildman–Crippen MR) is 178 cm³/mol. The van der Waals surface area contributed by atoms with Crippen molar-refractivity contribution in [2.24, 2.45) is 0 Å². The Labute approximate surface area is 278 Å². The van der Waals surface area contributed by atoms with Gasteiger partial charge in [0, 0.05) is 42.8 Å². The Morgan fingerprint density at radius 2 is 1.91 bits per heavy atom. The van der Waals surface area contributed by atoms with Crippen molar-refractivity contribution in [3.8, 4) is 6.01 Å². The number of benzene rings is 2. The molecule has 5 heterocycles. The number of nitrogens with zero attached hydrogens (tertiary/aromatic N) is 7. The van der Waals surface area contributed by atoms with E-state index in [9.17, 15) is 13.6 Å². The van der Waals surface area contributed by atoms with E-state index in [0.717, 1.165) is 60.5 Å². The van der Waals surface area contributed by atoms with Crippen LogP contribution in [-0.2, 0) is 17.8 Å². The van der Waals surface area contributed by atoms with Gasteiger partial charge in [-0.2, -0.15) is 9.97 Å². The van der Waals surface area contributed by atoms with Crippen LogP contribution in [0.5, 0.6) is 6.01 Å². The molecule has 0 saturated carbocycles. The van der Waals surface area contributed by atoms with Crippen LogP contribution in [-0.4, -0.2) is 89.7 Å². The quantitative estimate of drug-likeness (QED) is 0.234. The van der Waals surface area contributed by atoms with E-state index in [4.69, 9.17) is 32.9 Å². The number of piperazine rings is 1. The molecule has 0 spiro atoms. The van der Waals surface area contributed by atoms with E-state index in [2.05, 4.69) is 26.1 Å². The normalized spacial score (nSPS) is 22.9. The Morgan fingerprint density at radius 1 is 1.09 bits per heavy atom. The first-order chi connectivity index (χ1) is 22.8. The van der Waals surface area contributed by atoms with Crippen LogP contribution < -0.4 is 14.5 Å². The van der Waals surface area contributed by atoms with E-state index in [1.54, 1.807) is 6.07 Å². The first-order valence-electron chi connectivity index (χ1n) is 16.4. The average Bonchev–Trinajstić information content (AvgIpc) is 3.52. The number of piperidine rings is 1. The van der Waals surface area contributed by atoms with E-state index in [-0.39, 0.29) is 23.7 Å². The molecule has 0 bridgehead atoms. The number of carbonyl (C=O) groups excluding carboxylic acids is 1. The fourth-order valence-electron chi connectivity index (χ4n) is 8.02. The van der Waals surface area contributed by atoms with Crippen molar-refractivity contribution in [2.45, 2.75) is 56.7 Å². The van der Waals surface area contributed by atoms with Gasteiger partial charge in [-0.05, 0) is 62.7 Å². The maximum Gasteiger partial charge on any atom is 0.318 e. The minimum atomic E-state index is -1.03. The summed E-state index contributed by atoms with van der Waals surface area (Å²) < 4.78 is 35.0. The number of halogens is 3. The molecule has 3 saturated heterocycles. The maximum absolute atomic E-state index is 14.6. The zero-order valence-electron chi connectivity index (χ0n) is 26.4. The van der Waals surface area contributed by atoms with E-state index in [1.807, 2.05) is 18.2 Å². The average molecular weight is 662 g/mol. The predicted octanol–water partition coefficient (Wildman–Crippen LogP) is 5.80. The zero-order chi connectivity index (χ0) is 32.7. The summed E-state index contributed by atoms with van der Waals surface area (Å²) >= 11 is 6.52. The molecule has 4 aliphatic rings. The highest BCUT2D eigenvalue weighted by Crippen LogP contribution is 2.40. The van der Waals surface area contributed by atoms with Gasteiger partial charge >= 0.3 is 6.01 Å². The highest BCUT2D eigenvalue weighted by atomic mass is 35.5. The van der Waals surface area contributed by atoms with Crippen molar-refractivity contribution in [3.63, 3.8) is 0 Å². The van der Waals surface area contributed by atoms with Crippen LogP contribution in [0.3, 0.4) is 0 Å². The molecule has 0 aliphatic carbocycles. The second-order valence-electron chi connectivity index (χ2n) is 13.1. The molecule has 3 aromatic rings. The Balaban J connectivity index is 1.24. The number of rotatable bonds is 7. The fraction of sp³-hybridized carbons (Fsp3) is 0.486. The van der Waals surface area contributed by atoms with Crippen molar-refractivity contribution in [2.75, 3.05) is 62.2 Å². The summed E-state index contributed by atoms with van der Waals surface area (Å²) in [6.07, 6.45) is 6.32. The second kappa shape index (κ2) is 12.9. The molecule has 9 nitrogen and oxygen atoms in total. The molecule has 2 aromatic carbocycles. The lowest BCUT2D eigenvalue weighted by atomic mass is 9.87. The SMILES string of the molecule is [C-]#[N+]C[C@H]1CN(c2nc(OCC34CCCCN3CCC4)nc3c2CCN(c2cccc4ccc(F)c(Cl)c24)C3)CCN1C(=O)C(=C)F. The Hall–Kier alpha value is -4.01. The highest BCUT2D eigenvalue weighted by Gasteiger charge is 2.43. The molecule has 2 atom stereocenters. The number of hydrogen-bond acceptors (Lipinski definition) is 7. The van der Waals surface area contributed by atoms with Gasteiger partial charge in [-0.3, -0.25) is 9.69 Å². The molecule has 0 N–H and O–H groups in total. The molecule has 12 heteroatoms. The van der Waals surface area contributed by atoms with Crippen molar-refractivity contribution >= 4 is 39.8 Å². The maximum atomic E-state index is 14.6. The largest absolute Gasteiger partial charge is 0.461 e. The molecule has 47 heavy (non-hydrogen) atoms. The number of amides is 1. The summed E-state index contributed by atoms with van der Waals surface area (Å²) in [6.45, 7) is 15.4. The van der Waals surface area contributed by atoms with Gasteiger partial charge in [0.1, 0.15) is 24.3 Å². The van der Waals surface area contributed by atoms with Crippen molar-refractivity contribution in [3.05, 3.63) is 76.3 Å². The summed E-state index contributed by atoms with van der Waals surface area (Å²) in [4.78, 5) is 34.3. The fourth-order valence-corrected chi connectivity index (χ4v) is 8.29. The van der Waals surface area contributed by atoms with Crippen LogP contribution in [0.25, 0.3) is 15.6 Å². The van der Waals surface area contributed by atoms with Gasteiger partial charge in [-0.25, -0.2) is 15.4 Å². The van der Waals surface area contributed by atoms with Gasteiger partial charge in [0.15, 0.2) is 5.83 Å². The minimum absolute atomic E-state index is 0.00500. The summed E-state index contributed by atoms with van der Waals surface area (Å²) in [5.74, 6) is -1.55. The number of carbonyl (C=O) groups is 1. The van der Waals surface area contributed by atoms with E-state index in [1.165, 1.54) is 23.8 Å². The van der Waals surface area contributed by atoms with Crippen LogP contribution in [0.1, 0.15) is 43.4 Å². The molecule has 1 aromatic heterocycles. The monoisotopic (exact) mass is 661 g/mol. The van der Waals surface area contributed by atoms with Gasteiger partial charge in [0.05, 0.1) is 22.8 Å². The summed E-state index contributed by atoms with van der Waals surface area (Å²) in [5.41, 5.74) is 2.61. The standard InChI is InChI=1S/C35H38ClF2N7O2/c1-23(37)33(46)45-18-17-43(20-25(45)19-39-2)32-26-11-16-42(29-8-5-7-24-9-10-27(38)31(36)30(24)29)21-28(26)40-34(41-32)47-22-35-12-3-4-14-44(35)15-6-13-35/h5,7-10,25H,1,3-4,6,11-22H2/t25-,35?/m0/s1. The Kier molecular flexibility index (Phi) is 8.66. The topological polar surface area (TPSA) is 69.4 Å². The van der Waals surface area contributed by atoms with Gasteiger partial charge in [0.2, 0.25) is 6.54 Å². The second-order valence-corrected chi connectivity index (χ2v) is 13.4. The summed E-state index contributed by atoms with van der Waals surface area (Å²) in [5, 5.41) is 1.62. The lowest BCUT2D eigenvalue weighted by molar-refractivity contribution is -0.131. The third-order valence-electron chi connectivity index (χ3n) is 10.4. The molecular formula is C35H38ClF2N7O2.